The van der Waals surface area contributed by atoms with E-state index in [1.807, 2.05) is 43.3 Å². The zero-order valence-corrected chi connectivity index (χ0v) is 18.8. The van der Waals surface area contributed by atoms with Crippen LogP contribution in [0.25, 0.3) is 10.8 Å². The third-order valence-electron chi connectivity index (χ3n) is 5.36. The molecule has 1 heterocycles. The molecule has 2 atom stereocenters. The fourth-order valence-electron chi connectivity index (χ4n) is 3.68. The van der Waals surface area contributed by atoms with Crippen LogP contribution >= 0.6 is 15.9 Å². The third kappa shape index (κ3) is 4.40. The van der Waals surface area contributed by atoms with Crippen molar-refractivity contribution in [3.63, 3.8) is 0 Å². The summed E-state index contributed by atoms with van der Waals surface area (Å²) in [5.74, 6) is -3.21. The Hall–Kier alpha value is -3.11. The van der Waals surface area contributed by atoms with Gasteiger partial charge in [0.2, 0.25) is 0 Å². The third-order valence-corrected chi connectivity index (χ3v) is 5.99. The van der Waals surface area contributed by atoms with Crippen molar-refractivity contribution in [2.24, 2.45) is 5.73 Å². The van der Waals surface area contributed by atoms with Gasteiger partial charge in [0.05, 0.1) is 16.7 Å². The molecule has 33 heavy (non-hydrogen) atoms. The molecule has 6 nitrogen and oxygen atoms in total. The quantitative estimate of drug-likeness (QED) is 0.508. The zero-order valence-electron chi connectivity index (χ0n) is 17.2. The average Bonchev–Trinajstić information content (AvgIpc) is 2.86. The highest BCUT2D eigenvalue weighted by molar-refractivity contribution is 9.10. The summed E-state index contributed by atoms with van der Waals surface area (Å²) in [4.78, 5) is 26.1. The predicted octanol–water partition coefficient (Wildman–Crippen LogP) is 4.60. The molecule has 1 aliphatic heterocycles. The molecule has 0 saturated carbocycles. The Morgan fingerprint density at radius 2 is 1.88 bits per heavy atom. The van der Waals surface area contributed by atoms with Crippen LogP contribution in [0.4, 0.5) is 18.9 Å². The Morgan fingerprint density at radius 3 is 2.61 bits per heavy atom. The maximum atomic E-state index is 13.3. The highest BCUT2D eigenvalue weighted by atomic mass is 79.9. The number of alkyl halides is 3. The fraction of sp³-hybridized carbons (Fsp3) is 0.217. The maximum absolute atomic E-state index is 13.3. The predicted molar refractivity (Wildman–Crippen MR) is 119 cm³/mol. The minimum Gasteiger partial charge on any atom is -0.449 e. The Labute approximate surface area is 195 Å². The normalized spacial score (nSPS) is 18.5. The van der Waals surface area contributed by atoms with E-state index in [1.165, 1.54) is 4.90 Å². The van der Waals surface area contributed by atoms with Gasteiger partial charge in [-0.3, -0.25) is 4.79 Å². The molecular formula is C23H18BrF3N2O4. The van der Waals surface area contributed by atoms with Crippen molar-refractivity contribution in [3.05, 3.63) is 70.2 Å². The molecule has 0 spiro atoms. The number of carbonyl (C=O) groups is 2. The fourth-order valence-corrected chi connectivity index (χ4v) is 4.13. The molecule has 4 rings (SSSR count). The van der Waals surface area contributed by atoms with E-state index in [2.05, 4.69) is 20.7 Å². The summed E-state index contributed by atoms with van der Waals surface area (Å²) >= 11 is 3.29. The van der Waals surface area contributed by atoms with Crippen molar-refractivity contribution >= 4 is 44.3 Å². The van der Waals surface area contributed by atoms with E-state index in [4.69, 9.17) is 10.5 Å². The molecule has 172 valence electrons. The number of nitrogens with zero attached hydrogens (tertiary/aromatic N) is 1. The van der Waals surface area contributed by atoms with Gasteiger partial charge in [-0.15, -0.1) is 0 Å². The van der Waals surface area contributed by atoms with Crippen molar-refractivity contribution < 1.29 is 32.2 Å². The molecule has 0 aromatic heterocycles. The average molecular weight is 523 g/mol. The number of fused-ring (bicyclic) bond motifs is 2. The summed E-state index contributed by atoms with van der Waals surface area (Å²) in [5, 5.41) is 1.88. The van der Waals surface area contributed by atoms with Crippen LogP contribution in [0.5, 0.6) is 5.75 Å². The lowest BCUT2D eigenvalue weighted by Crippen LogP contribution is -2.52. The van der Waals surface area contributed by atoms with E-state index in [-0.39, 0.29) is 18.0 Å². The number of benzene rings is 3. The summed E-state index contributed by atoms with van der Waals surface area (Å²) in [6.07, 6.45) is -7.24. The van der Waals surface area contributed by atoms with Gasteiger partial charge in [-0.1, -0.05) is 42.5 Å². The first-order chi connectivity index (χ1) is 15.6. The molecule has 3 aromatic rings. The number of amides is 1. The second-order valence-corrected chi connectivity index (χ2v) is 8.36. The summed E-state index contributed by atoms with van der Waals surface area (Å²) < 4.78 is 48.7. The number of halogens is 4. The molecule has 1 amide bonds. The molecule has 1 unspecified atom stereocenters. The zero-order chi connectivity index (χ0) is 23.9. The Balaban J connectivity index is 1.79. The van der Waals surface area contributed by atoms with Crippen LogP contribution in [0.2, 0.25) is 0 Å². The summed E-state index contributed by atoms with van der Waals surface area (Å²) in [6.45, 7) is 1.97. The second-order valence-electron chi connectivity index (χ2n) is 7.51. The van der Waals surface area contributed by atoms with Gasteiger partial charge in [-0.05, 0) is 56.9 Å². The topological polar surface area (TPSA) is 81.9 Å². The molecule has 2 N–H and O–H groups in total. The monoisotopic (exact) mass is 522 g/mol. The molecule has 1 aliphatic rings. The van der Waals surface area contributed by atoms with Gasteiger partial charge < -0.3 is 20.1 Å². The lowest BCUT2D eigenvalue weighted by molar-refractivity contribution is -0.217. The van der Waals surface area contributed by atoms with Gasteiger partial charge in [0.15, 0.2) is 11.8 Å². The molecule has 0 bridgehead atoms. The second kappa shape index (κ2) is 8.68. The Bertz CT molecular complexity index is 1250. The smallest absolute Gasteiger partial charge is 0.449 e. The van der Waals surface area contributed by atoms with E-state index < -0.39 is 30.4 Å². The number of hydrogen-bond acceptors (Lipinski definition) is 5. The lowest BCUT2D eigenvalue weighted by atomic mass is 9.99. The number of ether oxygens (including phenoxy) is 2. The maximum Gasteiger partial charge on any atom is 0.491 e. The Kier molecular flexibility index (Phi) is 6.06. The standard InChI is InChI=1S/C23H18BrF3N2O4/c1-12-9-10-13-5-2-3-6-14(13)15(12)11-29-17-8-4-7-16(24)19(17)32-21(18(28)20(29)30)33-22(31)23(25,26)27/h2-10,18,21H,11,28H2,1H3/t18-,21?/m1/s1. The molecule has 0 fully saturated rings. The van der Waals surface area contributed by atoms with Crippen molar-refractivity contribution in [2.75, 3.05) is 4.90 Å². The Morgan fingerprint density at radius 1 is 1.15 bits per heavy atom. The van der Waals surface area contributed by atoms with Crippen LogP contribution in [0.1, 0.15) is 11.1 Å². The summed E-state index contributed by atoms with van der Waals surface area (Å²) in [5.41, 5.74) is 7.99. The van der Waals surface area contributed by atoms with E-state index in [9.17, 15) is 22.8 Å². The minimum absolute atomic E-state index is 0.0386. The number of carbonyl (C=O) groups excluding carboxylic acids is 2. The van der Waals surface area contributed by atoms with E-state index in [1.54, 1.807) is 18.2 Å². The van der Waals surface area contributed by atoms with Gasteiger partial charge in [-0.2, -0.15) is 13.2 Å². The number of nitrogens with two attached hydrogens (primary N) is 1. The van der Waals surface area contributed by atoms with Crippen LogP contribution < -0.4 is 15.4 Å². The molecule has 0 aliphatic carbocycles. The largest absolute Gasteiger partial charge is 0.491 e. The molecule has 10 heteroatoms. The summed E-state index contributed by atoms with van der Waals surface area (Å²) in [7, 11) is 0. The van der Waals surface area contributed by atoms with E-state index in [0.717, 1.165) is 21.9 Å². The van der Waals surface area contributed by atoms with Crippen LogP contribution in [0.15, 0.2) is 59.1 Å². The van der Waals surface area contributed by atoms with Crippen molar-refractivity contribution in [3.8, 4) is 5.75 Å². The van der Waals surface area contributed by atoms with Gasteiger partial charge in [-0.25, -0.2) is 4.79 Å². The first-order valence-electron chi connectivity index (χ1n) is 9.85. The lowest BCUT2D eigenvalue weighted by Gasteiger charge is -2.26. The molecular weight excluding hydrogens is 505 g/mol. The van der Waals surface area contributed by atoms with E-state index in [0.29, 0.717) is 4.47 Å². The number of hydrogen-bond donors (Lipinski definition) is 1. The van der Waals surface area contributed by atoms with Crippen LogP contribution in [0.3, 0.4) is 0 Å². The molecule has 0 saturated heterocycles. The SMILES string of the molecule is Cc1ccc2ccccc2c1CN1C(=O)[C@@H](N)C(OC(=O)C(F)(F)F)Oc2c(Br)cccc21. The number of esters is 1. The van der Waals surface area contributed by atoms with Gasteiger partial charge in [0, 0.05) is 0 Å². The molecule has 0 radical (unpaired) electrons. The summed E-state index contributed by atoms with van der Waals surface area (Å²) in [6, 6.07) is 14.7. The van der Waals surface area contributed by atoms with Crippen LogP contribution in [-0.2, 0) is 20.9 Å². The number of rotatable bonds is 3. The number of para-hydroxylation sites is 1. The highest BCUT2D eigenvalue weighted by Crippen LogP contribution is 2.41. The van der Waals surface area contributed by atoms with Gasteiger partial charge >= 0.3 is 12.1 Å². The molecule has 3 aromatic carbocycles. The van der Waals surface area contributed by atoms with Crippen LogP contribution in [0, 0.1) is 6.92 Å². The number of anilines is 1. The highest BCUT2D eigenvalue weighted by Gasteiger charge is 2.46. The van der Waals surface area contributed by atoms with Crippen molar-refractivity contribution in [1.29, 1.82) is 0 Å². The van der Waals surface area contributed by atoms with E-state index >= 15 is 0 Å². The van der Waals surface area contributed by atoms with Crippen molar-refractivity contribution in [2.45, 2.75) is 32.0 Å². The van der Waals surface area contributed by atoms with Gasteiger partial charge in [0.1, 0.15) is 0 Å². The van der Waals surface area contributed by atoms with Crippen LogP contribution in [-0.4, -0.2) is 30.4 Å². The van der Waals surface area contributed by atoms with Gasteiger partial charge in [0.25, 0.3) is 12.2 Å². The minimum atomic E-state index is -5.27. The first kappa shape index (κ1) is 23.1. The number of aryl methyl sites for hydroxylation is 1. The van der Waals surface area contributed by atoms with Crippen molar-refractivity contribution in [1.82, 2.24) is 0 Å². The first-order valence-corrected chi connectivity index (χ1v) is 10.6.